The molecule has 1 aromatic carbocycles. The fourth-order valence-corrected chi connectivity index (χ4v) is 4.31. The van der Waals surface area contributed by atoms with Gasteiger partial charge in [0, 0.05) is 34.1 Å². The quantitative estimate of drug-likeness (QED) is 0.887. The molecule has 2 heterocycles. The zero-order valence-electron chi connectivity index (χ0n) is 13.0. The molecule has 24 heavy (non-hydrogen) atoms. The first-order valence-electron chi connectivity index (χ1n) is 7.46. The first kappa shape index (κ1) is 16.9. The van der Waals surface area contributed by atoms with Crippen molar-refractivity contribution in [2.75, 3.05) is 12.3 Å². The molecule has 0 aliphatic carbocycles. The molecule has 1 aromatic heterocycles. The lowest BCUT2D eigenvalue weighted by atomic mass is 10.0. The fourth-order valence-electron chi connectivity index (χ4n) is 2.77. The van der Waals surface area contributed by atoms with Gasteiger partial charge in [0.05, 0.1) is 17.5 Å². The van der Waals surface area contributed by atoms with Crippen molar-refractivity contribution in [3.8, 4) is 5.75 Å². The van der Waals surface area contributed by atoms with E-state index in [1.807, 2.05) is 6.07 Å². The lowest BCUT2D eigenvalue weighted by Gasteiger charge is -2.16. The van der Waals surface area contributed by atoms with Gasteiger partial charge in [0.25, 0.3) is 0 Å². The number of aromatic hydroxyl groups is 1. The molecule has 0 fully saturated rings. The monoisotopic (exact) mass is 365 g/mol. The number of nitrogens with zero attached hydrogens (tertiary/aromatic N) is 1. The van der Waals surface area contributed by atoms with E-state index in [0.29, 0.717) is 28.8 Å². The maximum Gasteiger partial charge on any atom is 0.348 e. The van der Waals surface area contributed by atoms with E-state index in [1.54, 1.807) is 25.1 Å². The summed E-state index contributed by atoms with van der Waals surface area (Å²) in [5.74, 6) is 0.545. The van der Waals surface area contributed by atoms with Crippen LogP contribution in [0.2, 0.25) is 5.02 Å². The molecule has 0 radical (unpaired) electrons. The fraction of sp³-hybridized carbons (Fsp3) is 0.294. The summed E-state index contributed by atoms with van der Waals surface area (Å²) in [6.07, 6.45) is 0.272. The Morgan fingerprint density at radius 2 is 2.17 bits per heavy atom. The predicted octanol–water partition coefficient (Wildman–Crippen LogP) is 2.99. The molecule has 1 aliphatic heterocycles. The highest BCUT2D eigenvalue weighted by Gasteiger charge is 2.27. The molecule has 0 spiro atoms. The molecule has 5 nitrogen and oxygen atoms in total. The zero-order valence-corrected chi connectivity index (χ0v) is 14.6. The minimum absolute atomic E-state index is 0.0477. The van der Waals surface area contributed by atoms with Crippen LogP contribution in [0.5, 0.6) is 5.75 Å². The van der Waals surface area contributed by atoms with Crippen LogP contribution in [-0.4, -0.2) is 27.3 Å². The third-order valence-corrected chi connectivity index (χ3v) is 5.75. The average molecular weight is 366 g/mol. The van der Waals surface area contributed by atoms with Gasteiger partial charge in [0.2, 0.25) is 0 Å². The van der Waals surface area contributed by atoms with E-state index in [4.69, 9.17) is 16.0 Å². The highest BCUT2D eigenvalue weighted by molar-refractivity contribution is 7.85. The maximum absolute atomic E-state index is 12.6. The highest BCUT2D eigenvalue weighted by atomic mass is 35.5. The van der Waals surface area contributed by atoms with E-state index in [0.717, 1.165) is 5.56 Å². The van der Waals surface area contributed by atoms with Crippen LogP contribution in [0, 0.1) is 6.92 Å². The number of halogens is 1. The molecule has 2 aromatic rings. The van der Waals surface area contributed by atoms with E-state index in [1.165, 1.54) is 6.07 Å². The van der Waals surface area contributed by atoms with E-state index in [2.05, 4.69) is 4.99 Å². The molecule has 1 N–H and O–H groups in total. The van der Waals surface area contributed by atoms with Gasteiger partial charge in [-0.15, -0.1) is 0 Å². The number of hydrogen-bond donors (Lipinski definition) is 1. The summed E-state index contributed by atoms with van der Waals surface area (Å²) in [6.45, 7) is 1.91. The number of aryl methyl sites for hydroxylation is 1. The third-order valence-electron chi connectivity index (χ3n) is 3.85. The normalized spacial score (nSPS) is 21.2. The van der Waals surface area contributed by atoms with Crippen LogP contribution in [0.3, 0.4) is 0 Å². The van der Waals surface area contributed by atoms with Crippen LogP contribution in [0.25, 0.3) is 0 Å². The summed E-state index contributed by atoms with van der Waals surface area (Å²) in [5.41, 5.74) is 0.652. The molecule has 0 saturated heterocycles. The van der Waals surface area contributed by atoms with Crippen molar-refractivity contribution in [3.63, 3.8) is 0 Å². The van der Waals surface area contributed by atoms with Crippen molar-refractivity contribution in [2.45, 2.75) is 18.6 Å². The number of benzene rings is 1. The molecular formula is C17H16ClNO4S. The molecule has 126 valence electrons. The van der Waals surface area contributed by atoms with Gasteiger partial charge in [-0.2, -0.15) is 0 Å². The summed E-state index contributed by atoms with van der Waals surface area (Å²) < 4.78 is 17.6. The van der Waals surface area contributed by atoms with Crippen LogP contribution in [0.1, 0.15) is 28.6 Å². The van der Waals surface area contributed by atoms with Gasteiger partial charge >= 0.3 is 5.63 Å². The third kappa shape index (κ3) is 3.44. The van der Waals surface area contributed by atoms with Crippen molar-refractivity contribution in [3.05, 3.63) is 62.7 Å². The predicted molar refractivity (Wildman–Crippen MR) is 94.6 cm³/mol. The Bertz CT molecular complexity index is 890. The average Bonchev–Trinajstić information content (AvgIpc) is 2.68. The summed E-state index contributed by atoms with van der Waals surface area (Å²) in [4.78, 5) is 16.5. The summed E-state index contributed by atoms with van der Waals surface area (Å²) in [7, 11) is -1.15. The molecule has 1 unspecified atom stereocenters. The van der Waals surface area contributed by atoms with Crippen LogP contribution < -0.4 is 5.63 Å². The molecule has 0 saturated carbocycles. The van der Waals surface area contributed by atoms with Crippen molar-refractivity contribution < 1.29 is 13.7 Å². The van der Waals surface area contributed by atoms with Gasteiger partial charge in [0.1, 0.15) is 17.1 Å². The van der Waals surface area contributed by atoms with Crippen molar-refractivity contribution in [1.82, 2.24) is 0 Å². The molecule has 1 aliphatic rings. The summed E-state index contributed by atoms with van der Waals surface area (Å²) >= 11 is 6.04. The second-order valence-corrected chi connectivity index (χ2v) is 7.74. The molecule has 0 bridgehead atoms. The van der Waals surface area contributed by atoms with Crippen LogP contribution in [0.4, 0.5) is 0 Å². The van der Waals surface area contributed by atoms with Crippen molar-refractivity contribution in [1.29, 1.82) is 0 Å². The summed E-state index contributed by atoms with van der Waals surface area (Å²) in [6, 6.07) is 8.56. The van der Waals surface area contributed by atoms with Crippen LogP contribution in [0.15, 0.2) is 44.5 Å². The van der Waals surface area contributed by atoms with E-state index in [-0.39, 0.29) is 23.0 Å². The first-order chi connectivity index (χ1) is 11.5. The van der Waals surface area contributed by atoms with Gasteiger partial charge in [-0.3, -0.25) is 9.20 Å². The Balaban J connectivity index is 2.03. The minimum Gasteiger partial charge on any atom is -0.507 e. The standard InChI is InChI=1S/C17H16ClNO4S/c1-10-7-14(20)16(17(21)23-10)13-9-15(24(22)6-5-19-13)11-3-2-4-12(18)8-11/h2-4,7-8,15,20H,5-6,9H2,1H3/t15-,24?/m1/s1. The van der Waals surface area contributed by atoms with Crippen LogP contribution >= 0.6 is 11.6 Å². The highest BCUT2D eigenvalue weighted by Crippen LogP contribution is 2.30. The molecule has 3 rings (SSSR count). The SMILES string of the molecule is Cc1cc(O)c(C2=NCCS(=O)[C@@H](c3cccc(Cl)c3)C2)c(=O)o1. The van der Waals surface area contributed by atoms with E-state index >= 15 is 0 Å². The molecule has 7 heteroatoms. The first-order valence-corrected chi connectivity index (χ1v) is 9.22. The van der Waals surface area contributed by atoms with Gasteiger partial charge in [-0.05, 0) is 24.6 Å². The minimum atomic E-state index is -1.15. The molecule has 0 amide bonds. The smallest absolute Gasteiger partial charge is 0.348 e. The molecular weight excluding hydrogens is 350 g/mol. The number of rotatable bonds is 2. The Morgan fingerprint density at radius 1 is 1.38 bits per heavy atom. The van der Waals surface area contributed by atoms with Gasteiger partial charge in [-0.1, -0.05) is 23.7 Å². The second kappa shape index (κ2) is 6.91. The Kier molecular flexibility index (Phi) is 4.87. The maximum atomic E-state index is 12.6. The largest absolute Gasteiger partial charge is 0.507 e. The van der Waals surface area contributed by atoms with Gasteiger partial charge < -0.3 is 9.52 Å². The Hall–Kier alpha value is -1.92. The zero-order chi connectivity index (χ0) is 17.3. The van der Waals surface area contributed by atoms with Gasteiger partial charge in [-0.25, -0.2) is 4.79 Å². The summed E-state index contributed by atoms with van der Waals surface area (Å²) in [5, 5.41) is 10.4. The number of hydrogen-bond acceptors (Lipinski definition) is 5. The van der Waals surface area contributed by atoms with Crippen molar-refractivity contribution in [2.24, 2.45) is 4.99 Å². The Morgan fingerprint density at radius 3 is 2.88 bits per heavy atom. The Labute approximate surface area is 146 Å². The van der Waals surface area contributed by atoms with Crippen molar-refractivity contribution >= 4 is 28.1 Å². The van der Waals surface area contributed by atoms with E-state index < -0.39 is 16.4 Å². The lowest BCUT2D eigenvalue weighted by Crippen LogP contribution is -2.18. The van der Waals surface area contributed by atoms with Crippen LogP contribution in [-0.2, 0) is 10.8 Å². The second-order valence-electron chi connectivity index (χ2n) is 5.57. The molecule has 2 atom stereocenters. The topological polar surface area (TPSA) is 79.9 Å². The lowest BCUT2D eigenvalue weighted by molar-refractivity contribution is 0.432. The van der Waals surface area contributed by atoms with E-state index in [9.17, 15) is 14.1 Å². The van der Waals surface area contributed by atoms with Gasteiger partial charge in [0.15, 0.2) is 0 Å². The number of aliphatic imine (C=N–C) groups is 1.